The minimum Gasteiger partial charge on any atom is -0.595 e. The Kier molecular flexibility index (Phi) is 5.88. The van der Waals surface area contributed by atoms with Gasteiger partial charge in [0.1, 0.15) is 5.75 Å². The van der Waals surface area contributed by atoms with Crippen LogP contribution in [0.4, 0.5) is 5.69 Å². The number of carbonyl (C=O) groups excluding carboxylic acids is 1. The van der Waals surface area contributed by atoms with Gasteiger partial charge in [-0.25, -0.2) is 5.21 Å². The monoisotopic (exact) mass is 425 g/mol. The van der Waals surface area contributed by atoms with E-state index < -0.39 is 10.6 Å². The number of fused-ring (bicyclic) bond motifs is 3. The number of quaternary nitrogens is 1. The highest BCUT2D eigenvalue weighted by Gasteiger charge is 2.58. The van der Waals surface area contributed by atoms with E-state index in [9.17, 15) is 10.0 Å². The summed E-state index contributed by atoms with van der Waals surface area (Å²) in [6, 6.07) is 6.12. The summed E-state index contributed by atoms with van der Waals surface area (Å²) >= 11 is 0. The maximum atomic E-state index is 13.4. The molecule has 0 bridgehead atoms. The summed E-state index contributed by atoms with van der Waals surface area (Å²) in [4.78, 5) is 13.4. The summed E-state index contributed by atoms with van der Waals surface area (Å²) in [6.45, 7) is 8.95. The van der Waals surface area contributed by atoms with E-state index in [2.05, 4.69) is 33.8 Å². The number of allylic oxidation sites excluding steroid dienone is 4. The summed E-state index contributed by atoms with van der Waals surface area (Å²) in [5, 5.41) is 19.2. The van der Waals surface area contributed by atoms with Crippen LogP contribution in [0.2, 0.25) is 0 Å². The normalized spacial score (nSPS) is 33.6. The number of carbonyl (C=O) groups is 1. The van der Waals surface area contributed by atoms with Crippen molar-refractivity contribution in [2.75, 3.05) is 0 Å². The molecule has 5 heteroatoms. The molecular weight excluding hydrogens is 390 g/mol. The Morgan fingerprint density at radius 2 is 1.90 bits per heavy atom. The highest BCUT2D eigenvalue weighted by atomic mass is 16.8. The van der Waals surface area contributed by atoms with Crippen LogP contribution in [0.15, 0.2) is 47.1 Å². The third kappa shape index (κ3) is 3.88. The molecule has 0 aromatic heterocycles. The van der Waals surface area contributed by atoms with E-state index in [1.165, 1.54) is 37.0 Å². The van der Waals surface area contributed by atoms with E-state index in [-0.39, 0.29) is 23.0 Å². The van der Waals surface area contributed by atoms with E-state index in [4.69, 9.17) is 9.94 Å². The molecule has 5 atom stereocenters. The van der Waals surface area contributed by atoms with Crippen molar-refractivity contribution in [3.63, 3.8) is 0 Å². The third-order valence-electron chi connectivity index (χ3n) is 8.47. The Bertz CT molecular complexity index is 912. The second-order valence-corrected chi connectivity index (χ2v) is 10.4. The van der Waals surface area contributed by atoms with Crippen LogP contribution in [-0.2, 0) is 4.79 Å². The molecule has 0 radical (unpaired) electrons. The van der Waals surface area contributed by atoms with Crippen molar-refractivity contribution in [3.05, 3.63) is 52.3 Å². The van der Waals surface area contributed by atoms with Crippen molar-refractivity contribution in [2.24, 2.45) is 22.7 Å². The van der Waals surface area contributed by atoms with Crippen molar-refractivity contribution >= 4 is 11.7 Å². The van der Waals surface area contributed by atoms with Crippen LogP contribution < -0.4 is 9.96 Å². The van der Waals surface area contributed by atoms with E-state index in [0.29, 0.717) is 11.7 Å². The molecule has 4 rings (SSSR count). The van der Waals surface area contributed by atoms with Crippen LogP contribution in [0.25, 0.3) is 0 Å². The lowest BCUT2D eigenvalue weighted by Crippen LogP contribution is -2.99. The Balaban J connectivity index is 1.58. The van der Waals surface area contributed by atoms with Crippen LogP contribution in [0.5, 0.6) is 5.75 Å². The van der Waals surface area contributed by atoms with Crippen LogP contribution in [0.1, 0.15) is 72.6 Å². The number of esters is 1. The van der Waals surface area contributed by atoms with Gasteiger partial charge in [-0.3, -0.25) is 4.79 Å². The summed E-state index contributed by atoms with van der Waals surface area (Å²) in [7, 11) is 0. The SMILES string of the molecule is CC(C)=C1CCC2C(=CCC3C(C)(C(=O)Oc4ccc([NH+]([O-])O)cc4)CCCC23C)C1. The predicted octanol–water partition coefficient (Wildman–Crippen LogP) is 5.27. The van der Waals surface area contributed by atoms with Gasteiger partial charge < -0.3 is 9.94 Å². The van der Waals surface area contributed by atoms with E-state index in [1.54, 1.807) is 23.3 Å². The van der Waals surface area contributed by atoms with Gasteiger partial charge in [-0.1, -0.05) is 36.1 Å². The number of benzene rings is 1. The van der Waals surface area contributed by atoms with Gasteiger partial charge in [-0.05, 0) is 88.7 Å². The fourth-order valence-corrected chi connectivity index (χ4v) is 6.62. The third-order valence-corrected chi connectivity index (χ3v) is 8.47. The summed E-state index contributed by atoms with van der Waals surface area (Å²) < 4.78 is 5.81. The van der Waals surface area contributed by atoms with Crippen LogP contribution >= 0.6 is 0 Å². The van der Waals surface area contributed by atoms with Gasteiger partial charge in [0.25, 0.3) is 0 Å². The van der Waals surface area contributed by atoms with Crippen molar-refractivity contribution in [1.29, 1.82) is 0 Å². The van der Waals surface area contributed by atoms with E-state index in [0.717, 1.165) is 25.7 Å². The summed E-state index contributed by atoms with van der Waals surface area (Å²) in [5.74, 6) is 1.06. The lowest BCUT2D eigenvalue weighted by molar-refractivity contribution is -0.991. The predicted molar refractivity (Wildman–Crippen MR) is 120 cm³/mol. The number of rotatable bonds is 3. The fourth-order valence-electron chi connectivity index (χ4n) is 6.62. The van der Waals surface area contributed by atoms with Crippen LogP contribution in [0, 0.1) is 27.9 Å². The molecule has 5 nitrogen and oxygen atoms in total. The second-order valence-electron chi connectivity index (χ2n) is 10.4. The van der Waals surface area contributed by atoms with Gasteiger partial charge >= 0.3 is 5.97 Å². The first-order valence-corrected chi connectivity index (χ1v) is 11.5. The quantitative estimate of drug-likeness (QED) is 0.299. The molecule has 168 valence electrons. The van der Waals surface area contributed by atoms with Crippen molar-refractivity contribution in [3.8, 4) is 5.75 Å². The lowest BCUT2D eigenvalue weighted by atomic mass is 9.46. The standard InChI is InChI=1S/C26H35NO4/c1-17(2)18-6-12-22-19(16-18)7-13-23-25(22,3)14-5-15-26(23,4)24(28)31-21-10-8-20(9-11-21)27(29)30/h7-11,22-23,27,29H,5-6,12-16H2,1-4H3. The Hall–Kier alpha value is -1.95. The lowest BCUT2D eigenvalue weighted by Gasteiger charge is -2.57. The molecule has 3 aliphatic carbocycles. The number of ether oxygens (including phenoxy) is 1. The first-order valence-electron chi connectivity index (χ1n) is 11.5. The smallest absolute Gasteiger partial charge is 0.317 e. The second kappa shape index (κ2) is 8.19. The van der Waals surface area contributed by atoms with Gasteiger partial charge in [0.15, 0.2) is 5.69 Å². The average Bonchev–Trinajstić information content (AvgIpc) is 2.73. The highest BCUT2D eigenvalue weighted by Crippen LogP contribution is 2.62. The maximum Gasteiger partial charge on any atom is 0.317 e. The first kappa shape index (κ1) is 22.3. The first-order chi connectivity index (χ1) is 14.6. The van der Waals surface area contributed by atoms with Crippen molar-refractivity contribution in [1.82, 2.24) is 0 Å². The Morgan fingerprint density at radius 1 is 1.19 bits per heavy atom. The highest BCUT2D eigenvalue weighted by molar-refractivity contribution is 5.79. The van der Waals surface area contributed by atoms with Gasteiger partial charge in [0.2, 0.25) is 0 Å². The topological polar surface area (TPSA) is 74.0 Å². The molecule has 31 heavy (non-hydrogen) atoms. The van der Waals surface area contributed by atoms with Gasteiger partial charge in [-0.15, -0.1) is 0 Å². The molecule has 2 saturated carbocycles. The maximum absolute atomic E-state index is 13.4. The zero-order valence-electron chi connectivity index (χ0n) is 19.2. The molecule has 2 N–H and O–H groups in total. The summed E-state index contributed by atoms with van der Waals surface area (Å²) in [6.07, 6.45) is 9.86. The van der Waals surface area contributed by atoms with Crippen LogP contribution in [-0.4, -0.2) is 11.2 Å². The molecule has 2 fully saturated rings. The molecule has 3 aliphatic rings. The average molecular weight is 426 g/mol. The molecule has 1 aromatic rings. The fraction of sp³-hybridized carbons (Fsp3) is 0.577. The molecule has 0 amide bonds. The van der Waals surface area contributed by atoms with Gasteiger partial charge in [0.05, 0.1) is 5.41 Å². The molecule has 1 aromatic carbocycles. The molecule has 5 unspecified atom stereocenters. The van der Waals surface area contributed by atoms with Gasteiger partial charge in [0, 0.05) is 12.1 Å². The molecule has 0 spiro atoms. The minimum absolute atomic E-state index is 0.121. The van der Waals surface area contributed by atoms with E-state index in [1.807, 2.05) is 0 Å². The zero-order valence-corrected chi connectivity index (χ0v) is 19.2. The minimum atomic E-state index is -0.985. The Morgan fingerprint density at radius 3 is 2.55 bits per heavy atom. The van der Waals surface area contributed by atoms with Crippen molar-refractivity contribution in [2.45, 2.75) is 72.6 Å². The number of nitrogens with one attached hydrogen (secondary N) is 1. The number of hydrogen-bond acceptors (Lipinski definition) is 4. The number of hydrogen-bond donors (Lipinski definition) is 2. The zero-order chi connectivity index (χ0) is 22.4. The molecular formula is C26H35NO4. The molecule has 0 aliphatic heterocycles. The van der Waals surface area contributed by atoms with Crippen molar-refractivity contribution < 1.29 is 20.0 Å². The largest absolute Gasteiger partial charge is 0.595 e. The summed E-state index contributed by atoms with van der Waals surface area (Å²) in [5.41, 5.74) is 4.41. The Labute approximate surface area is 185 Å². The molecule has 0 heterocycles. The van der Waals surface area contributed by atoms with Gasteiger partial charge in [-0.2, -0.15) is 5.23 Å². The van der Waals surface area contributed by atoms with E-state index >= 15 is 0 Å². The molecule has 0 saturated heterocycles. The van der Waals surface area contributed by atoms with Crippen LogP contribution in [0.3, 0.4) is 0 Å².